The number of aliphatic hydroxyl groups is 1. The van der Waals surface area contributed by atoms with Gasteiger partial charge in [0.05, 0.1) is 33.9 Å². The minimum atomic E-state index is -0.964. The van der Waals surface area contributed by atoms with Crippen LogP contribution in [0.3, 0.4) is 0 Å². The molecule has 2 aromatic carbocycles. The summed E-state index contributed by atoms with van der Waals surface area (Å²) in [6, 6.07) is 12.4. The van der Waals surface area contributed by atoms with Crippen LogP contribution in [0.25, 0.3) is 10.6 Å². The van der Waals surface area contributed by atoms with E-state index in [-0.39, 0.29) is 28.0 Å². The Hall–Kier alpha value is -3.14. The molecule has 1 fully saturated rings. The number of amides is 1. The van der Waals surface area contributed by atoms with Crippen LogP contribution in [-0.4, -0.2) is 48.0 Å². The molecule has 5 rings (SSSR count). The lowest BCUT2D eigenvalue weighted by Gasteiger charge is -2.48. The van der Waals surface area contributed by atoms with Crippen molar-refractivity contribution in [3.8, 4) is 10.6 Å². The Bertz CT molecular complexity index is 1600. The van der Waals surface area contributed by atoms with E-state index in [9.17, 15) is 14.3 Å². The fourth-order valence-corrected chi connectivity index (χ4v) is 6.89. The van der Waals surface area contributed by atoms with Crippen LogP contribution in [-0.2, 0) is 15.6 Å². The first kappa shape index (κ1) is 31.3. The molecule has 1 saturated heterocycles. The zero-order valence-corrected chi connectivity index (χ0v) is 27.3. The molecule has 1 aliphatic rings. The van der Waals surface area contributed by atoms with E-state index in [1.54, 1.807) is 23.0 Å². The number of aromatic nitrogens is 4. The Morgan fingerprint density at radius 3 is 2.49 bits per heavy atom. The molecule has 0 spiro atoms. The van der Waals surface area contributed by atoms with Gasteiger partial charge in [-0.25, -0.2) is 14.1 Å². The topological polar surface area (TPSA) is 84.1 Å². The highest BCUT2D eigenvalue weighted by Gasteiger charge is 2.45. The maximum absolute atomic E-state index is 14.6. The summed E-state index contributed by atoms with van der Waals surface area (Å²) in [5.41, 5.74) is 1.89. The Balaban J connectivity index is 1.35. The number of halogens is 2. The molecule has 228 valence electrons. The quantitative estimate of drug-likeness (QED) is 0.241. The van der Waals surface area contributed by atoms with Gasteiger partial charge in [0.15, 0.2) is 0 Å². The van der Waals surface area contributed by atoms with Crippen molar-refractivity contribution in [2.75, 3.05) is 6.54 Å². The second-order valence-electron chi connectivity index (χ2n) is 13.6. The SMILES string of the molecule is CC(C)(C)c1ccc(C(O)c2cn(C3CCC(C)(C)N(C(=O)C(C)(C)c4csc(-c5c(F)cccc5Cl)n4)C3)nn2)cc1. The normalized spacial score (nSPS) is 18.1. The van der Waals surface area contributed by atoms with Crippen molar-refractivity contribution in [2.45, 2.75) is 89.8 Å². The van der Waals surface area contributed by atoms with Crippen molar-refractivity contribution in [2.24, 2.45) is 0 Å². The van der Waals surface area contributed by atoms with E-state index in [4.69, 9.17) is 11.6 Å². The fourth-order valence-electron chi connectivity index (χ4n) is 5.53. The van der Waals surface area contributed by atoms with Crippen LogP contribution in [0.2, 0.25) is 5.02 Å². The summed E-state index contributed by atoms with van der Waals surface area (Å²) in [4.78, 5) is 20.8. The first-order chi connectivity index (χ1) is 20.1. The van der Waals surface area contributed by atoms with Crippen molar-refractivity contribution >= 4 is 28.8 Å². The van der Waals surface area contributed by atoms with Gasteiger partial charge in [0.2, 0.25) is 5.91 Å². The summed E-state index contributed by atoms with van der Waals surface area (Å²) in [5, 5.41) is 22.3. The number of nitrogens with zero attached hydrogens (tertiary/aromatic N) is 5. The van der Waals surface area contributed by atoms with Crippen LogP contribution >= 0.6 is 22.9 Å². The van der Waals surface area contributed by atoms with Gasteiger partial charge in [-0.3, -0.25) is 4.79 Å². The number of hydrogen-bond donors (Lipinski definition) is 1. The van der Waals surface area contributed by atoms with Gasteiger partial charge < -0.3 is 10.0 Å². The van der Waals surface area contributed by atoms with E-state index < -0.39 is 22.9 Å². The standard InChI is InChI=1S/C33H39ClFN5O2S/c1-31(2,3)21-13-11-20(12-14-21)28(41)25-18-40(38-37-25)22-15-16-32(4,5)39(17-22)30(42)33(6,7)26-19-43-29(36-26)27-23(34)9-8-10-24(27)35/h8-14,18-19,22,28,41H,15-17H2,1-7H3. The maximum atomic E-state index is 14.6. The second-order valence-corrected chi connectivity index (χ2v) is 14.8. The van der Waals surface area contributed by atoms with Crippen LogP contribution in [0, 0.1) is 5.82 Å². The summed E-state index contributed by atoms with van der Waals surface area (Å²) in [7, 11) is 0. The zero-order valence-electron chi connectivity index (χ0n) is 25.7. The number of carbonyl (C=O) groups excluding carboxylic acids is 1. The third-order valence-electron chi connectivity index (χ3n) is 8.59. The summed E-state index contributed by atoms with van der Waals surface area (Å²) < 4.78 is 16.4. The molecule has 10 heteroatoms. The van der Waals surface area contributed by atoms with E-state index in [1.165, 1.54) is 23.0 Å². The van der Waals surface area contributed by atoms with Crippen LogP contribution in [0.15, 0.2) is 54.0 Å². The molecule has 7 nitrogen and oxygen atoms in total. The number of carbonyl (C=O) groups is 1. The first-order valence-corrected chi connectivity index (χ1v) is 15.8. The average molecular weight is 624 g/mol. The van der Waals surface area contributed by atoms with Crippen molar-refractivity contribution in [3.63, 3.8) is 0 Å². The number of likely N-dealkylation sites (tertiary alicyclic amines) is 1. The molecule has 2 atom stereocenters. The molecule has 1 amide bonds. The number of hydrogen-bond acceptors (Lipinski definition) is 6. The van der Waals surface area contributed by atoms with Crippen molar-refractivity contribution in [1.82, 2.24) is 24.9 Å². The molecule has 3 heterocycles. The number of aliphatic hydroxyl groups excluding tert-OH is 1. The molecule has 2 unspecified atom stereocenters. The van der Waals surface area contributed by atoms with E-state index in [0.29, 0.717) is 22.9 Å². The number of benzene rings is 2. The van der Waals surface area contributed by atoms with Gasteiger partial charge >= 0.3 is 0 Å². The van der Waals surface area contributed by atoms with Crippen LogP contribution in [0.5, 0.6) is 0 Å². The van der Waals surface area contributed by atoms with Gasteiger partial charge in [-0.1, -0.05) is 67.9 Å². The fraction of sp³-hybridized carbons (Fsp3) is 0.455. The van der Waals surface area contributed by atoms with Gasteiger partial charge in [-0.2, -0.15) is 0 Å². The summed E-state index contributed by atoms with van der Waals surface area (Å²) in [6.45, 7) is 14.7. The minimum Gasteiger partial charge on any atom is -0.382 e. The second kappa shape index (κ2) is 11.4. The molecule has 43 heavy (non-hydrogen) atoms. The van der Waals surface area contributed by atoms with E-state index in [1.807, 2.05) is 48.4 Å². The highest BCUT2D eigenvalue weighted by Crippen LogP contribution is 2.40. The zero-order chi connectivity index (χ0) is 31.3. The van der Waals surface area contributed by atoms with Crippen LogP contribution in [0.4, 0.5) is 4.39 Å². The van der Waals surface area contributed by atoms with Crippen molar-refractivity contribution in [3.05, 3.63) is 87.4 Å². The number of piperidine rings is 1. The van der Waals surface area contributed by atoms with Crippen molar-refractivity contribution < 1.29 is 14.3 Å². The Morgan fingerprint density at radius 1 is 1.14 bits per heavy atom. The summed E-state index contributed by atoms with van der Waals surface area (Å²) in [6.07, 6.45) is 2.45. The number of rotatable bonds is 6. The van der Waals surface area contributed by atoms with Crippen LogP contribution in [0.1, 0.15) is 96.0 Å². The third-order valence-corrected chi connectivity index (χ3v) is 9.76. The molecule has 1 N–H and O–H groups in total. The largest absolute Gasteiger partial charge is 0.382 e. The van der Waals surface area contributed by atoms with Crippen LogP contribution < -0.4 is 0 Å². The Morgan fingerprint density at radius 2 is 1.84 bits per heavy atom. The predicted octanol–water partition coefficient (Wildman–Crippen LogP) is 7.49. The maximum Gasteiger partial charge on any atom is 0.234 e. The lowest BCUT2D eigenvalue weighted by atomic mass is 9.82. The monoisotopic (exact) mass is 623 g/mol. The average Bonchev–Trinajstić information content (AvgIpc) is 3.63. The summed E-state index contributed by atoms with van der Waals surface area (Å²) >= 11 is 7.56. The lowest BCUT2D eigenvalue weighted by Crippen LogP contribution is -2.58. The number of thiazole rings is 1. The molecule has 0 bridgehead atoms. The van der Waals surface area contributed by atoms with Gasteiger partial charge in [0.25, 0.3) is 0 Å². The Kier molecular flexibility index (Phi) is 8.31. The molecule has 2 aromatic heterocycles. The van der Waals surface area contributed by atoms with E-state index in [0.717, 1.165) is 18.4 Å². The summed E-state index contributed by atoms with van der Waals surface area (Å²) in [5.74, 6) is -0.519. The minimum absolute atomic E-state index is 0.0224. The van der Waals surface area contributed by atoms with Gasteiger partial charge in [0, 0.05) is 17.5 Å². The molecule has 0 aliphatic carbocycles. The Labute approximate surface area is 261 Å². The molecular weight excluding hydrogens is 585 g/mol. The highest BCUT2D eigenvalue weighted by atomic mass is 35.5. The molecular formula is C33H39ClFN5O2S. The van der Waals surface area contributed by atoms with Gasteiger partial charge in [0.1, 0.15) is 22.6 Å². The highest BCUT2D eigenvalue weighted by molar-refractivity contribution is 7.13. The lowest BCUT2D eigenvalue weighted by molar-refractivity contribution is -0.145. The van der Waals surface area contributed by atoms with Crippen molar-refractivity contribution in [1.29, 1.82) is 0 Å². The van der Waals surface area contributed by atoms with Gasteiger partial charge in [-0.15, -0.1) is 16.4 Å². The first-order valence-electron chi connectivity index (χ1n) is 14.5. The molecule has 0 saturated carbocycles. The molecule has 4 aromatic rings. The van der Waals surface area contributed by atoms with E-state index in [2.05, 4.69) is 49.9 Å². The van der Waals surface area contributed by atoms with E-state index >= 15 is 0 Å². The molecule has 0 radical (unpaired) electrons. The smallest absolute Gasteiger partial charge is 0.234 e. The van der Waals surface area contributed by atoms with Gasteiger partial charge in [-0.05, 0) is 69.2 Å². The predicted molar refractivity (Wildman–Crippen MR) is 169 cm³/mol. The molecule has 1 aliphatic heterocycles. The third kappa shape index (κ3) is 6.12.